The Labute approximate surface area is 124 Å². The smallest absolute Gasteiger partial charge is 0.337 e. The second-order valence-electron chi connectivity index (χ2n) is 5.15. The molecule has 1 aliphatic rings. The molecule has 0 aliphatic carbocycles. The van der Waals surface area contributed by atoms with Gasteiger partial charge in [-0.2, -0.15) is 0 Å². The van der Waals surface area contributed by atoms with Crippen molar-refractivity contribution in [2.24, 2.45) is 0 Å². The van der Waals surface area contributed by atoms with E-state index in [0.29, 0.717) is 12.2 Å². The molecule has 1 heterocycles. The molecule has 6 nitrogen and oxygen atoms in total. The summed E-state index contributed by atoms with van der Waals surface area (Å²) in [6.45, 7) is 3.88. The number of benzene rings is 1. The number of carboxylic acid groups (broad SMARTS) is 1. The van der Waals surface area contributed by atoms with Gasteiger partial charge in [0.1, 0.15) is 0 Å². The number of amides is 1. The van der Waals surface area contributed by atoms with Crippen molar-refractivity contribution >= 4 is 17.6 Å². The molecule has 0 unspecified atom stereocenters. The Hall–Kier alpha value is -1.92. The van der Waals surface area contributed by atoms with Crippen LogP contribution in [0.25, 0.3) is 0 Å². The van der Waals surface area contributed by atoms with E-state index in [1.807, 2.05) is 0 Å². The second-order valence-corrected chi connectivity index (χ2v) is 5.15. The van der Waals surface area contributed by atoms with Crippen LogP contribution in [0.1, 0.15) is 16.8 Å². The molecule has 1 amide bonds. The predicted molar refractivity (Wildman–Crippen MR) is 80.7 cm³/mol. The largest absolute Gasteiger partial charge is 0.478 e. The zero-order chi connectivity index (χ0) is 15.2. The first-order chi connectivity index (χ1) is 10.1. The summed E-state index contributed by atoms with van der Waals surface area (Å²) in [5.41, 5.74) is 0.578. The molecule has 114 valence electrons. The minimum absolute atomic E-state index is 0.0920. The lowest BCUT2D eigenvalue weighted by Gasteiger charge is -2.24. The highest BCUT2D eigenvalue weighted by Gasteiger charge is 2.20. The van der Waals surface area contributed by atoms with Crippen LogP contribution >= 0.6 is 0 Å². The van der Waals surface area contributed by atoms with Crippen molar-refractivity contribution in [1.82, 2.24) is 10.2 Å². The molecule has 2 N–H and O–H groups in total. The second kappa shape index (κ2) is 7.19. The van der Waals surface area contributed by atoms with Crippen LogP contribution in [0, 0.1) is 0 Å². The van der Waals surface area contributed by atoms with Gasteiger partial charge < -0.3 is 15.3 Å². The van der Waals surface area contributed by atoms with E-state index in [1.54, 1.807) is 25.2 Å². The highest BCUT2D eigenvalue weighted by Crippen LogP contribution is 2.19. The van der Waals surface area contributed by atoms with E-state index in [2.05, 4.69) is 10.2 Å². The van der Waals surface area contributed by atoms with Crippen molar-refractivity contribution in [2.75, 3.05) is 44.7 Å². The van der Waals surface area contributed by atoms with Crippen LogP contribution in [0.2, 0.25) is 0 Å². The fourth-order valence-electron chi connectivity index (χ4n) is 2.44. The zero-order valence-corrected chi connectivity index (χ0v) is 12.2. The quantitative estimate of drug-likeness (QED) is 0.852. The van der Waals surface area contributed by atoms with Crippen molar-refractivity contribution in [3.05, 3.63) is 29.8 Å². The molecule has 0 saturated carbocycles. The highest BCUT2D eigenvalue weighted by atomic mass is 16.4. The van der Waals surface area contributed by atoms with Gasteiger partial charge in [0, 0.05) is 20.1 Å². The average Bonchev–Trinajstić information content (AvgIpc) is 2.75. The first-order valence-electron chi connectivity index (χ1n) is 7.11. The summed E-state index contributed by atoms with van der Waals surface area (Å²) in [7, 11) is 1.63. The molecular formula is C15H21N3O3. The van der Waals surface area contributed by atoms with Gasteiger partial charge in [-0.05, 0) is 31.6 Å². The van der Waals surface area contributed by atoms with E-state index in [-0.39, 0.29) is 11.5 Å². The number of nitrogens with one attached hydrogen (secondary N) is 1. The first-order valence-corrected chi connectivity index (χ1v) is 7.11. The third-order valence-electron chi connectivity index (χ3n) is 3.66. The van der Waals surface area contributed by atoms with Crippen LogP contribution in [0.3, 0.4) is 0 Å². The number of carbonyl (C=O) groups is 2. The van der Waals surface area contributed by atoms with Gasteiger partial charge in [-0.25, -0.2) is 4.79 Å². The van der Waals surface area contributed by atoms with Crippen molar-refractivity contribution < 1.29 is 14.7 Å². The number of rotatable bonds is 4. The fraction of sp³-hybridized carbons (Fsp3) is 0.467. The van der Waals surface area contributed by atoms with Gasteiger partial charge in [-0.1, -0.05) is 12.1 Å². The number of hydrogen-bond acceptors (Lipinski definition) is 4. The summed E-state index contributed by atoms with van der Waals surface area (Å²) in [4.78, 5) is 27.1. The Bertz CT molecular complexity index is 511. The number of aromatic carboxylic acids is 1. The summed E-state index contributed by atoms with van der Waals surface area (Å²) >= 11 is 0. The molecule has 1 aromatic rings. The predicted octanol–water partition coefficient (Wildman–Crippen LogP) is 0.643. The van der Waals surface area contributed by atoms with Crippen LogP contribution in [0.5, 0.6) is 0 Å². The maximum Gasteiger partial charge on any atom is 0.337 e. The lowest BCUT2D eigenvalue weighted by molar-refractivity contribution is -0.119. The topological polar surface area (TPSA) is 72.9 Å². The van der Waals surface area contributed by atoms with Gasteiger partial charge in [0.2, 0.25) is 5.91 Å². The van der Waals surface area contributed by atoms with E-state index >= 15 is 0 Å². The number of likely N-dealkylation sites (N-methyl/N-ethyl adjacent to an activating group) is 1. The molecule has 1 aliphatic heterocycles. The Morgan fingerprint density at radius 2 is 2.05 bits per heavy atom. The fourth-order valence-corrected chi connectivity index (χ4v) is 2.44. The summed E-state index contributed by atoms with van der Waals surface area (Å²) in [6.07, 6.45) is 1.02. The highest BCUT2D eigenvalue weighted by molar-refractivity contribution is 6.02. The van der Waals surface area contributed by atoms with Crippen LogP contribution in [0.15, 0.2) is 24.3 Å². The summed E-state index contributed by atoms with van der Waals surface area (Å²) in [6, 6.07) is 6.57. The molecule has 1 fully saturated rings. The van der Waals surface area contributed by atoms with E-state index in [9.17, 15) is 14.7 Å². The van der Waals surface area contributed by atoms with Gasteiger partial charge in [-0.3, -0.25) is 9.69 Å². The Kier molecular flexibility index (Phi) is 5.30. The summed E-state index contributed by atoms with van der Waals surface area (Å²) < 4.78 is 0. The molecular weight excluding hydrogens is 270 g/mol. The normalized spacial score (nSPS) is 16.2. The standard InChI is InChI=1S/C15H21N3O3/c1-17(13-6-3-2-5-12(13)15(20)21)14(19)11-18-9-4-7-16-8-10-18/h2-3,5-6,16H,4,7-11H2,1H3,(H,20,21). The molecule has 1 aromatic carbocycles. The van der Waals surface area contributed by atoms with Gasteiger partial charge in [0.05, 0.1) is 17.8 Å². The molecule has 0 aromatic heterocycles. The SMILES string of the molecule is CN(C(=O)CN1CCCNCC1)c1ccccc1C(=O)O. The third-order valence-corrected chi connectivity index (χ3v) is 3.66. The van der Waals surface area contributed by atoms with Gasteiger partial charge in [-0.15, -0.1) is 0 Å². The number of anilines is 1. The molecule has 0 atom stereocenters. The molecule has 0 bridgehead atoms. The molecule has 1 saturated heterocycles. The number of carboxylic acids is 1. The lowest BCUT2D eigenvalue weighted by atomic mass is 10.1. The minimum Gasteiger partial charge on any atom is -0.478 e. The van der Waals surface area contributed by atoms with Crippen LogP contribution in [0.4, 0.5) is 5.69 Å². The molecule has 0 radical (unpaired) electrons. The van der Waals surface area contributed by atoms with E-state index in [0.717, 1.165) is 32.6 Å². The van der Waals surface area contributed by atoms with Crippen LogP contribution in [-0.4, -0.2) is 61.7 Å². The van der Waals surface area contributed by atoms with Crippen molar-refractivity contribution in [3.63, 3.8) is 0 Å². The Balaban J connectivity index is 2.06. The van der Waals surface area contributed by atoms with Crippen LogP contribution in [-0.2, 0) is 4.79 Å². The molecule has 21 heavy (non-hydrogen) atoms. The summed E-state index contributed by atoms with van der Waals surface area (Å²) in [5.74, 6) is -1.12. The molecule has 0 spiro atoms. The van der Waals surface area contributed by atoms with Crippen molar-refractivity contribution in [3.8, 4) is 0 Å². The minimum atomic E-state index is -1.02. The molecule has 6 heteroatoms. The van der Waals surface area contributed by atoms with Gasteiger partial charge >= 0.3 is 5.97 Å². The van der Waals surface area contributed by atoms with Gasteiger partial charge in [0.15, 0.2) is 0 Å². The lowest BCUT2D eigenvalue weighted by Crippen LogP contribution is -2.40. The average molecular weight is 291 g/mol. The zero-order valence-electron chi connectivity index (χ0n) is 12.2. The van der Waals surface area contributed by atoms with E-state index in [1.165, 1.54) is 11.0 Å². The molecule has 2 rings (SSSR count). The van der Waals surface area contributed by atoms with Gasteiger partial charge in [0.25, 0.3) is 0 Å². The number of hydrogen-bond donors (Lipinski definition) is 2. The number of nitrogens with zero attached hydrogens (tertiary/aromatic N) is 2. The number of carbonyl (C=O) groups excluding carboxylic acids is 1. The number of para-hydroxylation sites is 1. The maximum atomic E-state index is 12.4. The van der Waals surface area contributed by atoms with Crippen molar-refractivity contribution in [2.45, 2.75) is 6.42 Å². The van der Waals surface area contributed by atoms with E-state index in [4.69, 9.17) is 0 Å². The third kappa shape index (κ3) is 4.03. The first kappa shape index (κ1) is 15.5. The van der Waals surface area contributed by atoms with Crippen LogP contribution < -0.4 is 10.2 Å². The maximum absolute atomic E-state index is 12.4. The monoisotopic (exact) mass is 291 g/mol. The summed E-state index contributed by atoms with van der Waals surface area (Å²) in [5, 5.41) is 12.5. The Morgan fingerprint density at radius 3 is 2.81 bits per heavy atom. The van der Waals surface area contributed by atoms with E-state index < -0.39 is 5.97 Å². The Morgan fingerprint density at radius 1 is 1.29 bits per heavy atom. The van der Waals surface area contributed by atoms with Crippen molar-refractivity contribution in [1.29, 1.82) is 0 Å².